The third-order valence-electron chi connectivity index (χ3n) is 3.98. The molecule has 0 atom stereocenters. The Hall–Kier alpha value is -3.01. The molecule has 2 N–H and O–H groups in total. The number of aromatic amines is 1. The van der Waals surface area contributed by atoms with Gasteiger partial charge in [-0.05, 0) is 46.4 Å². The van der Waals surface area contributed by atoms with Crippen LogP contribution in [0.1, 0.15) is 11.1 Å². The standard InChI is InChI=1S/C8H7F.C7H7N5O4/c9-8-4-3-6-1-2-7(6)5-8;13-7-9-5(11-15-7)4-6(12-16-10-4)14-3-1-8-2-3/h3-5H,1-2H2;3,8H,1-2H2,(H,9,11,13). The van der Waals surface area contributed by atoms with Crippen molar-refractivity contribution in [3.05, 3.63) is 45.7 Å². The minimum absolute atomic E-state index is 0.0317. The first-order valence-electron chi connectivity index (χ1n) is 7.72. The van der Waals surface area contributed by atoms with Gasteiger partial charge in [0.15, 0.2) is 0 Å². The highest BCUT2D eigenvalue weighted by Gasteiger charge is 2.25. The summed E-state index contributed by atoms with van der Waals surface area (Å²) in [4.78, 5) is 13.1. The molecule has 0 bridgehead atoms. The molecule has 1 saturated heterocycles. The summed E-state index contributed by atoms with van der Waals surface area (Å²) in [7, 11) is 0. The summed E-state index contributed by atoms with van der Waals surface area (Å²) in [5.41, 5.74) is 2.73. The largest absolute Gasteiger partial charge is 0.468 e. The zero-order valence-electron chi connectivity index (χ0n) is 13.0. The number of hydrogen-bond acceptors (Lipinski definition) is 8. The van der Waals surface area contributed by atoms with E-state index in [0.717, 1.165) is 25.9 Å². The summed E-state index contributed by atoms with van der Waals surface area (Å²) >= 11 is 0. The molecule has 2 aromatic heterocycles. The van der Waals surface area contributed by atoms with Crippen LogP contribution >= 0.6 is 0 Å². The summed E-state index contributed by atoms with van der Waals surface area (Å²) < 4.78 is 26.7. The average molecular weight is 347 g/mol. The number of rotatable bonds is 3. The topological polar surface area (TPSA) is 119 Å². The average Bonchev–Trinajstić information content (AvgIpc) is 3.15. The second-order valence-electron chi connectivity index (χ2n) is 5.67. The first-order valence-corrected chi connectivity index (χ1v) is 7.72. The summed E-state index contributed by atoms with van der Waals surface area (Å²) in [5.74, 6) is -0.452. The molecule has 0 spiro atoms. The van der Waals surface area contributed by atoms with E-state index < -0.39 is 5.76 Å². The summed E-state index contributed by atoms with van der Waals surface area (Å²) in [6, 6.07) is 5.02. The van der Waals surface area contributed by atoms with E-state index in [4.69, 9.17) is 4.74 Å². The Labute approximate surface area is 140 Å². The number of nitrogens with one attached hydrogen (secondary N) is 2. The fourth-order valence-corrected chi connectivity index (χ4v) is 2.40. The minimum atomic E-state index is -0.672. The van der Waals surface area contributed by atoms with E-state index in [9.17, 15) is 9.18 Å². The molecule has 1 aromatic carbocycles. The van der Waals surface area contributed by atoms with Gasteiger partial charge in [-0.3, -0.25) is 9.51 Å². The Morgan fingerprint density at radius 1 is 1.16 bits per heavy atom. The van der Waals surface area contributed by atoms with Crippen molar-refractivity contribution in [3.63, 3.8) is 0 Å². The van der Waals surface area contributed by atoms with Gasteiger partial charge in [0.25, 0.3) is 5.88 Å². The molecular formula is C15H14FN5O4. The van der Waals surface area contributed by atoms with E-state index in [2.05, 4.69) is 34.9 Å². The van der Waals surface area contributed by atoms with E-state index in [1.807, 2.05) is 6.07 Å². The predicted molar refractivity (Wildman–Crippen MR) is 81.5 cm³/mol. The Morgan fingerprint density at radius 3 is 2.56 bits per heavy atom. The molecule has 2 aliphatic rings. The van der Waals surface area contributed by atoms with Crippen molar-refractivity contribution in [1.82, 2.24) is 25.8 Å². The molecule has 130 valence electrons. The van der Waals surface area contributed by atoms with Crippen LogP contribution in [-0.2, 0) is 12.8 Å². The number of fused-ring (bicyclic) bond motifs is 1. The molecule has 3 aromatic rings. The van der Waals surface area contributed by atoms with Crippen molar-refractivity contribution >= 4 is 0 Å². The first kappa shape index (κ1) is 15.5. The lowest BCUT2D eigenvalue weighted by molar-refractivity contribution is 0.129. The number of benzene rings is 1. The van der Waals surface area contributed by atoms with Gasteiger partial charge in [0.1, 0.15) is 11.9 Å². The quantitative estimate of drug-likeness (QED) is 0.710. The Kier molecular flexibility index (Phi) is 4.02. The number of aromatic nitrogens is 4. The lowest BCUT2D eigenvalue weighted by atomic mass is 9.89. The fraction of sp³-hybridized carbons (Fsp3) is 0.333. The zero-order valence-corrected chi connectivity index (χ0v) is 13.0. The van der Waals surface area contributed by atoms with Crippen molar-refractivity contribution in [1.29, 1.82) is 0 Å². The second kappa shape index (κ2) is 6.48. The molecule has 9 nitrogen and oxygen atoms in total. The summed E-state index contributed by atoms with van der Waals surface area (Å²) in [5, 5.41) is 13.7. The van der Waals surface area contributed by atoms with Crippen molar-refractivity contribution in [2.75, 3.05) is 13.1 Å². The third-order valence-corrected chi connectivity index (χ3v) is 3.98. The highest BCUT2D eigenvalue weighted by Crippen LogP contribution is 2.24. The second-order valence-corrected chi connectivity index (χ2v) is 5.67. The maximum Gasteiger partial charge on any atom is 0.439 e. The van der Waals surface area contributed by atoms with Crippen molar-refractivity contribution < 1.29 is 18.3 Å². The van der Waals surface area contributed by atoms with Gasteiger partial charge in [0, 0.05) is 13.1 Å². The molecule has 5 rings (SSSR count). The van der Waals surface area contributed by atoms with Gasteiger partial charge in [0.05, 0.1) is 0 Å². The summed E-state index contributed by atoms with van der Waals surface area (Å²) in [6.45, 7) is 1.48. The molecule has 0 saturated carbocycles. The van der Waals surface area contributed by atoms with Crippen molar-refractivity contribution in [3.8, 4) is 17.4 Å². The molecule has 3 heterocycles. The molecule has 10 heteroatoms. The molecule has 0 unspecified atom stereocenters. The van der Waals surface area contributed by atoms with Crippen LogP contribution in [-0.4, -0.2) is 39.6 Å². The number of ether oxygens (including phenoxy) is 1. The molecule has 0 radical (unpaired) electrons. The zero-order chi connectivity index (χ0) is 17.2. The van der Waals surface area contributed by atoms with Crippen LogP contribution in [0.4, 0.5) is 4.39 Å². The lowest BCUT2D eigenvalue weighted by Crippen LogP contribution is -2.50. The Bertz CT molecular complexity index is 930. The Balaban J connectivity index is 0.000000147. The van der Waals surface area contributed by atoms with Crippen molar-refractivity contribution in [2.24, 2.45) is 0 Å². The van der Waals surface area contributed by atoms with E-state index in [0.29, 0.717) is 0 Å². The summed E-state index contributed by atoms with van der Waals surface area (Å²) in [6.07, 6.45) is 2.23. The lowest BCUT2D eigenvalue weighted by Gasteiger charge is -2.26. The van der Waals surface area contributed by atoms with Gasteiger partial charge in [-0.2, -0.15) is 0 Å². The monoisotopic (exact) mass is 347 g/mol. The van der Waals surface area contributed by atoms with Crippen LogP contribution in [0, 0.1) is 5.82 Å². The van der Waals surface area contributed by atoms with Gasteiger partial charge in [-0.25, -0.2) is 13.8 Å². The normalized spacial score (nSPS) is 15.4. The van der Waals surface area contributed by atoms with Gasteiger partial charge in [0.2, 0.25) is 11.5 Å². The predicted octanol–water partition coefficient (Wildman–Crippen LogP) is 0.688. The number of hydrogen-bond donors (Lipinski definition) is 2. The van der Waals surface area contributed by atoms with E-state index in [-0.39, 0.29) is 29.3 Å². The van der Waals surface area contributed by atoms with Gasteiger partial charge in [-0.1, -0.05) is 11.2 Å². The highest BCUT2D eigenvalue weighted by atomic mass is 19.1. The SMILES string of the molecule is Fc1ccc2c(c1)CC2.O=c1[nH]c(-c2nonc2OC2CNC2)no1. The van der Waals surface area contributed by atoms with E-state index in [1.165, 1.54) is 17.2 Å². The van der Waals surface area contributed by atoms with E-state index >= 15 is 0 Å². The van der Waals surface area contributed by atoms with Crippen LogP contribution < -0.4 is 15.8 Å². The van der Waals surface area contributed by atoms with Crippen LogP contribution in [0.3, 0.4) is 0 Å². The molecule has 0 amide bonds. The minimum Gasteiger partial charge on any atom is -0.468 e. The molecule has 1 aliphatic heterocycles. The maximum absolute atomic E-state index is 12.4. The van der Waals surface area contributed by atoms with Gasteiger partial charge >= 0.3 is 5.76 Å². The van der Waals surface area contributed by atoms with E-state index in [1.54, 1.807) is 6.07 Å². The maximum atomic E-state index is 12.4. The van der Waals surface area contributed by atoms with Gasteiger partial charge in [-0.15, -0.1) is 0 Å². The van der Waals surface area contributed by atoms with Crippen LogP contribution in [0.5, 0.6) is 5.88 Å². The van der Waals surface area contributed by atoms with Crippen LogP contribution in [0.15, 0.2) is 32.1 Å². The number of halogens is 1. The van der Waals surface area contributed by atoms with Crippen LogP contribution in [0.2, 0.25) is 0 Å². The Morgan fingerprint density at radius 2 is 2.00 bits per heavy atom. The third kappa shape index (κ3) is 3.29. The number of nitrogens with zero attached hydrogens (tertiary/aromatic N) is 3. The highest BCUT2D eigenvalue weighted by molar-refractivity contribution is 5.53. The smallest absolute Gasteiger partial charge is 0.439 e. The number of H-pyrrole nitrogens is 1. The fourth-order valence-electron chi connectivity index (χ4n) is 2.40. The molecular weight excluding hydrogens is 333 g/mol. The molecule has 25 heavy (non-hydrogen) atoms. The van der Waals surface area contributed by atoms with Crippen LogP contribution in [0.25, 0.3) is 11.5 Å². The van der Waals surface area contributed by atoms with Crippen molar-refractivity contribution in [2.45, 2.75) is 18.9 Å². The van der Waals surface area contributed by atoms with Gasteiger partial charge < -0.3 is 10.1 Å². The molecule has 1 fully saturated rings. The number of aryl methyl sites for hydroxylation is 2. The first-order chi connectivity index (χ1) is 12.2. The molecule has 1 aliphatic carbocycles.